The summed E-state index contributed by atoms with van der Waals surface area (Å²) in [5.74, 6) is 0.739. The summed E-state index contributed by atoms with van der Waals surface area (Å²) in [4.78, 5) is 14.3. The number of nitrogens with zero attached hydrogens (tertiary/aromatic N) is 2. The predicted octanol–water partition coefficient (Wildman–Crippen LogP) is 3.80. The van der Waals surface area contributed by atoms with E-state index in [9.17, 15) is 4.79 Å². The highest BCUT2D eigenvalue weighted by molar-refractivity contribution is 5.96. The minimum atomic E-state index is -0.233. The van der Waals surface area contributed by atoms with Crippen LogP contribution in [-0.2, 0) is 22.5 Å². The largest absolute Gasteiger partial charge is 0.468 e. The number of aromatic nitrogens is 1. The molecule has 1 aromatic heterocycles. The third-order valence-electron chi connectivity index (χ3n) is 5.20. The van der Waals surface area contributed by atoms with Crippen LogP contribution in [0, 0.1) is 0 Å². The molecule has 1 aliphatic rings. The molecule has 26 heavy (non-hydrogen) atoms. The standard InChI is InChI=1S/C21H22N2O3/c1-3-18(21(24)25-2)23-12-11-19-17(13-23)20(22-26-19)16-10-6-8-14-7-4-5-9-15(14)16/h4-10,18H,3,11-13H2,1-2H3/t18-/m1/s1. The predicted molar refractivity (Wildman–Crippen MR) is 99.7 cm³/mol. The highest BCUT2D eigenvalue weighted by Gasteiger charge is 2.32. The van der Waals surface area contributed by atoms with Gasteiger partial charge in [-0.05, 0) is 17.2 Å². The van der Waals surface area contributed by atoms with E-state index >= 15 is 0 Å². The van der Waals surface area contributed by atoms with Crippen LogP contribution in [0.15, 0.2) is 47.0 Å². The van der Waals surface area contributed by atoms with Crippen molar-refractivity contribution in [2.75, 3.05) is 13.7 Å². The molecule has 0 bridgehead atoms. The first kappa shape index (κ1) is 16.8. The third-order valence-corrected chi connectivity index (χ3v) is 5.20. The first-order valence-corrected chi connectivity index (χ1v) is 9.00. The number of benzene rings is 2. The highest BCUT2D eigenvalue weighted by atomic mass is 16.5. The fourth-order valence-corrected chi connectivity index (χ4v) is 3.85. The van der Waals surface area contributed by atoms with Crippen LogP contribution < -0.4 is 0 Å². The fourth-order valence-electron chi connectivity index (χ4n) is 3.85. The minimum absolute atomic E-state index is 0.181. The molecular formula is C21H22N2O3. The summed E-state index contributed by atoms with van der Waals surface area (Å²) in [6.07, 6.45) is 1.47. The number of ether oxygens (including phenoxy) is 1. The zero-order valence-corrected chi connectivity index (χ0v) is 15.1. The van der Waals surface area contributed by atoms with Gasteiger partial charge in [0.05, 0.1) is 7.11 Å². The number of rotatable bonds is 4. The van der Waals surface area contributed by atoms with Crippen molar-refractivity contribution in [2.45, 2.75) is 32.4 Å². The van der Waals surface area contributed by atoms with Crippen LogP contribution in [-0.4, -0.2) is 35.7 Å². The van der Waals surface area contributed by atoms with Crippen molar-refractivity contribution in [3.05, 3.63) is 53.8 Å². The minimum Gasteiger partial charge on any atom is -0.468 e. The Kier molecular flexibility index (Phi) is 4.47. The summed E-state index contributed by atoms with van der Waals surface area (Å²) < 4.78 is 10.6. The second kappa shape index (κ2) is 6.92. The van der Waals surface area contributed by atoms with Crippen LogP contribution in [0.2, 0.25) is 0 Å². The van der Waals surface area contributed by atoms with E-state index in [1.165, 1.54) is 12.5 Å². The normalized spacial score (nSPS) is 15.6. The Morgan fingerprint density at radius 2 is 2.08 bits per heavy atom. The SMILES string of the molecule is CC[C@H](C(=O)OC)N1CCc2onc(-c3cccc4ccccc34)c2C1. The average Bonchev–Trinajstić information content (AvgIpc) is 3.11. The number of carbonyl (C=O) groups excluding carboxylic acids is 1. The Balaban J connectivity index is 1.74. The Labute approximate surface area is 152 Å². The molecule has 134 valence electrons. The maximum atomic E-state index is 12.1. The summed E-state index contributed by atoms with van der Waals surface area (Å²) >= 11 is 0. The molecule has 2 heterocycles. The first-order chi connectivity index (χ1) is 12.7. The van der Waals surface area contributed by atoms with Gasteiger partial charge >= 0.3 is 5.97 Å². The van der Waals surface area contributed by atoms with E-state index in [1.807, 2.05) is 25.1 Å². The van der Waals surface area contributed by atoms with E-state index in [0.717, 1.165) is 47.4 Å². The van der Waals surface area contributed by atoms with Gasteiger partial charge in [-0.2, -0.15) is 0 Å². The lowest BCUT2D eigenvalue weighted by atomic mass is 9.96. The van der Waals surface area contributed by atoms with Crippen LogP contribution in [0.3, 0.4) is 0 Å². The quantitative estimate of drug-likeness (QED) is 0.670. The molecule has 0 aliphatic carbocycles. The Morgan fingerprint density at radius 3 is 2.88 bits per heavy atom. The second-order valence-corrected chi connectivity index (χ2v) is 6.63. The molecule has 0 amide bonds. The summed E-state index contributed by atoms with van der Waals surface area (Å²) in [5, 5.41) is 6.72. The topological polar surface area (TPSA) is 55.6 Å². The molecule has 0 radical (unpaired) electrons. The molecule has 3 aromatic rings. The van der Waals surface area contributed by atoms with E-state index in [1.54, 1.807) is 0 Å². The first-order valence-electron chi connectivity index (χ1n) is 9.00. The number of carbonyl (C=O) groups is 1. The van der Waals surface area contributed by atoms with Crippen LogP contribution in [0.5, 0.6) is 0 Å². The van der Waals surface area contributed by atoms with Crippen molar-refractivity contribution < 1.29 is 14.1 Å². The van der Waals surface area contributed by atoms with Crippen molar-refractivity contribution in [3.8, 4) is 11.3 Å². The monoisotopic (exact) mass is 350 g/mol. The number of methoxy groups -OCH3 is 1. The molecule has 5 heteroatoms. The summed E-state index contributed by atoms with van der Waals surface area (Å²) in [6, 6.07) is 14.3. The van der Waals surface area contributed by atoms with Gasteiger partial charge in [-0.15, -0.1) is 0 Å². The second-order valence-electron chi connectivity index (χ2n) is 6.63. The molecular weight excluding hydrogens is 328 g/mol. The molecule has 0 saturated heterocycles. The van der Waals surface area contributed by atoms with Crippen molar-refractivity contribution in [1.29, 1.82) is 0 Å². The molecule has 4 rings (SSSR count). The van der Waals surface area contributed by atoms with Gasteiger partial charge in [0, 0.05) is 30.6 Å². The molecule has 1 aliphatic heterocycles. The summed E-state index contributed by atoms with van der Waals surface area (Å²) in [7, 11) is 1.45. The van der Waals surface area contributed by atoms with Crippen molar-refractivity contribution in [1.82, 2.24) is 10.1 Å². The van der Waals surface area contributed by atoms with Gasteiger partial charge in [0.25, 0.3) is 0 Å². The maximum Gasteiger partial charge on any atom is 0.323 e. The summed E-state index contributed by atoms with van der Waals surface area (Å²) in [5.41, 5.74) is 3.03. The Bertz CT molecular complexity index is 942. The van der Waals surface area contributed by atoms with Crippen LogP contribution >= 0.6 is 0 Å². The zero-order chi connectivity index (χ0) is 18.1. The lowest BCUT2D eigenvalue weighted by molar-refractivity contribution is -0.147. The maximum absolute atomic E-state index is 12.1. The van der Waals surface area contributed by atoms with E-state index in [0.29, 0.717) is 6.54 Å². The van der Waals surface area contributed by atoms with E-state index < -0.39 is 0 Å². The van der Waals surface area contributed by atoms with Crippen LogP contribution in [0.25, 0.3) is 22.0 Å². The summed E-state index contributed by atoms with van der Waals surface area (Å²) in [6.45, 7) is 3.42. The third kappa shape index (κ3) is 2.78. The molecule has 2 aromatic carbocycles. The molecule has 0 spiro atoms. The Hall–Kier alpha value is -2.66. The molecule has 0 unspecified atom stereocenters. The average molecular weight is 350 g/mol. The molecule has 0 saturated carbocycles. The Morgan fingerprint density at radius 1 is 1.27 bits per heavy atom. The van der Waals surface area contributed by atoms with Gasteiger partial charge in [-0.3, -0.25) is 9.69 Å². The van der Waals surface area contributed by atoms with Gasteiger partial charge in [-0.25, -0.2) is 0 Å². The highest BCUT2D eigenvalue weighted by Crippen LogP contribution is 2.34. The van der Waals surface area contributed by atoms with E-state index in [2.05, 4.69) is 34.3 Å². The molecule has 5 nitrogen and oxygen atoms in total. The zero-order valence-electron chi connectivity index (χ0n) is 15.1. The van der Waals surface area contributed by atoms with Crippen molar-refractivity contribution >= 4 is 16.7 Å². The van der Waals surface area contributed by atoms with Gasteiger partial charge in [0.1, 0.15) is 17.5 Å². The molecule has 0 N–H and O–H groups in total. The van der Waals surface area contributed by atoms with E-state index in [-0.39, 0.29) is 12.0 Å². The van der Waals surface area contributed by atoms with Gasteiger partial charge in [0.2, 0.25) is 0 Å². The van der Waals surface area contributed by atoms with Crippen LogP contribution in [0.4, 0.5) is 0 Å². The number of hydrogen-bond donors (Lipinski definition) is 0. The molecule has 0 fully saturated rings. The van der Waals surface area contributed by atoms with Gasteiger partial charge in [0.15, 0.2) is 0 Å². The molecule has 1 atom stereocenters. The van der Waals surface area contributed by atoms with Gasteiger partial charge < -0.3 is 9.26 Å². The number of esters is 1. The lowest BCUT2D eigenvalue weighted by Gasteiger charge is -2.31. The van der Waals surface area contributed by atoms with Crippen LogP contribution in [0.1, 0.15) is 24.7 Å². The van der Waals surface area contributed by atoms with Crippen molar-refractivity contribution in [3.63, 3.8) is 0 Å². The smallest absolute Gasteiger partial charge is 0.323 e. The van der Waals surface area contributed by atoms with Gasteiger partial charge in [-0.1, -0.05) is 54.5 Å². The lowest BCUT2D eigenvalue weighted by Crippen LogP contribution is -2.44. The number of hydrogen-bond acceptors (Lipinski definition) is 5. The van der Waals surface area contributed by atoms with E-state index in [4.69, 9.17) is 9.26 Å². The number of fused-ring (bicyclic) bond motifs is 2. The van der Waals surface area contributed by atoms with Crippen molar-refractivity contribution in [2.24, 2.45) is 0 Å². The fraction of sp³-hybridized carbons (Fsp3) is 0.333.